The molecule has 0 saturated carbocycles. The monoisotopic (exact) mass is 397 g/mol. The Balaban J connectivity index is 1.67. The Morgan fingerprint density at radius 2 is 2.21 bits per heavy atom. The molecule has 152 valence electrons. The number of nitrogens with one attached hydrogen (secondary N) is 1. The first kappa shape index (κ1) is 19.7. The number of aliphatic imine (C=N–C) groups is 1. The van der Waals surface area contributed by atoms with Gasteiger partial charge in [-0.2, -0.15) is 0 Å². The Hall–Kier alpha value is -2.64. The number of hydrogen-bond donors (Lipinski definition) is 2. The Morgan fingerprint density at radius 3 is 2.97 bits per heavy atom. The van der Waals surface area contributed by atoms with Crippen LogP contribution in [0.3, 0.4) is 0 Å². The molecule has 4 rings (SSSR count). The topological polar surface area (TPSA) is 83.8 Å². The number of nitrogens with zero attached hydrogens (tertiary/aromatic N) is 2. The summed E-state index contributed by atoms with van der Waals surface area (Å²) in [5, 5.41) is 13.5. The third-order valence-corrected chi connectivity index (χ3v) is 5.36. The molecule has 3 heterocycles. The standard InChI is InChI=1S/C22H24FN3O3/c1-13-6-7-14(11-24-13)21(23)16-10-19(25-17-5-3-2-4-15(16)17)22(28)26-18-8-9-29-12-20(18)27/h2-5,7,10-11,13,18,20-21,27H,6,8-9,12H2,1H3,(H,26,28)/t13?,18-,20-,21?/m0/s1. The van der Waals surface area contributed by atoms with E-state index >= 15 is 4.39 Å². The highest BCUT2D eigenvalue weighted by atomic mass is 19.1. The first-order valence-electron chi connectivity index (χ1n) is 9.86. The van der Waals surface area contributed by atoms with E-state index in [1.807, 2.05) is 19.1 Å². The van der Waals surface area contributed by atoms with Gasteiger partial charge in [-0.3, -0.25) is 9.79 Å². The van der Waals surface area contributed by atoms with E-state index in [1.165, 1.54) is 6.07 Å². The van der Waals surface area contributed by atoms with Crippen LogP contribution in [0.15, 0.2) is 47.0 Å². The van der Waals surface area contributed by atoms with E-state index < -0.39 is 24.2 Å². The van der Waals surface area contributed by atoms with Crippen LogP contribution in [-0.4, -0.2) is 53.6 Å². The minimum atomic E-state index is -1.40. The number of dihydropyridines is 1. The van der Waals surface area contributed by atoms with E-state index in [9.17, 15) is 9.90 Å². The van der Waals surface area contributed by atoms with Gasteiger partial charge in [-0.25, -0.2) is 9.37 Å². The normalized spacial score (nSPS) is 25.5. The Labute approximate surface area is 168 Å². The average molecular weight is 397 g/mol. The Bertz CT molecular complexity index is 975. The summed E-state index contributed by atoms with van der Waals surface area (Å²) >= 11 is 0. The molecule has 7 heteroatoms. The second-order valence-corrected chi connectivity index (χ2v) is 7.55. The van der Waals surface area contributed by atoms with Crippen molar-refractivity contribution < 1.29 is 19.0 Å². The zero-order chi connectivity index (χ0) is 20.4. The number of ether oxygens (including phenoxy) is 1. The lowest BCUT2D eigenvalue weighted by Crippen LogP contribution is -2.48. The Morgan fingerprint density at radius 1 is 1.38 bits per heavy atom. The smallest absolute Gasteiger partial charge is 0.270 e. The van der Waals surface area contributed by atoms with Gasteiger partial charge in [0.05, 0.1) is 30.3 Å². The first-order valence-corrected chi connectivity index (χ1v) is 9.86. The van der Waals surface area contributed by atoms with Crippen LogP contribution in [0.25, 0.3) is 10.9 Å². The summed E-state index contributed by atoms with van der Waals surface area (Å²) < 4.78 is 20.7. The summed E-state index contributed by atoms with van der Waals surface area (Å²) in [4.78, 5) is 21.5. The lowest BCUT2D eigenvalue weighted by atomic mass is 9.96. The van der Waals surface area contributed by atoms with Crippen molar-refractivity contribution in [2.45, 2.75) is 44.1 Å². The molecule has 1 amide bonds. The fourth-order valence-corrected chi connectivity index (χ4v) is 3.64. The fraction of sp³-hybridized carbons (Fsp3) is 0.409. The van der Waals surface area contributed by atoms with Crippen molar-refractivity contribution in [3.8, 4) is 0 Å². The van der Waals surface area contributed by atoms with Crippen molar-refractivity contribution >= 4 is 23.0 Å². The minimum absolute atomic E-state index is 0.127. The number of fused-ring (bicyclic) bond motifs is 1. The van der Waals surface area contributed by atoms with Crippen LogP contribution in [-0.2, 0) is 4.74 Å². The van der Waals surface area contributed by atoms with Crippen molar-refractivity contribution in [1.82, 2.24) is 10.3 Å². The molecule has 1 aromatic heterocycles. The molecule has 0 spiro atoms. The van der Waals surface area contributed by atoms with Crippen LogP contribution in [0.2, 0.25) is 0 Å². The lowest BCUT2D eigenvalue weighted by molar-refractivity contribution is -0.0261. The van der Waals surface area contributed by atoms with Crippen molar-refractivity contribution in [3.05, 3.63) is 53.2 Å². The van der Waals surface area contributed by atoms with Crippen LogP contribution >= 0.6 is 0 Å². The summed E-state index contributed by atoms with van der Waals surface area (Å²) in [7, 11) is 0. The average Bonchev–Trinajstić information content (AvgIpc) is 2.74. The second-order valence-electron chi connectivity index (χ2n) is 7.55. The molecule has 1 saturated heterocycles. The highest BCUT2D eigenvalue weighted by molar-refractivity contribution is 5.97. The number of aliphatic hydroxyl groups is 1. The van der Waals surface area contributed by atoms with Gasteiger partial charge in [0, 0.05) is 29.3 Å². The molecule has 2 aliphatic rings. The van der Waals surface area contributed by atoms with Crippen LogP contribution in [0.5, 0.6) is 0 Å². The molecule has 0 aliphatic carbocycles. The molecule has 4 atom stereocenters. The molecular formula is C22H24FN3O3. The van der Waals surface area contributed by atoms with Crippen molar-refractivity contribution in [2.75, 3.05) is 13.2 Å². The van der Waals surface area contributed by atoms with Gasteiger partial charge in [0.1, 0.15) is 5.69 Å². The van der Waals surface area contributed by atoms with Gasteiger partial charge in [0.2, 0.25) is 0 Å². The highest BCUT2D eigenvalue weighted by Crippen LogP contribution is 2.33. The summed E-state index contributed by atoms with van der Waals surface area (Å²) in [6.45, 7) is 2.63. The molecule has 6 nitrogen and oxygen atoms in total. The second kappa shape index (κ2) is 8.39. The number of amides is 1. The Kier molecular flexibility index (Phi) is 5.69. The van der Waals surface area contributed by atoms with E-state index in [0.717, 1.165) is 0 Å². The number of allylic oxidation sites excluding steroid dienone is 1. The van der Waals surface area contributed by atoms with E-state index in [4.69, 9.17) is 4.74 Å². The number of aromatic nitrogens is 1. The largest absolute Gasteiger partial charge is 0.389 e. The van der Waals surface area contributed by atoms with Crippen molar-refractivity contribution in [3.63, 3.8) is 0 Å². The fourth-order valence-electron chi connectivity index (χ4n) is 3.64. The van der Waals surface area contributed by atoms with E-state index in [0.29, 0.717) is 41.5 Å². The third-order valence-electron chi connectivity index (χ3n) is 5.36. The number of aliphatic hydroxyl groups excluding tert-OH is 1. The molecule has 0 bridgehead atoms. The number of benzene rings is 1. The van der Waals surface area contributed by atoms with Gasteiger partial charge in [-0.1, -0.05) is 24.3 Å². The number of hydrogen-bond acceptors (Lipinski definition) is 5. The molecule has 2 unspecified atom stereocenters. The van der Waals surface area contributed by atoms with Gasteiger partial charge in [0.15, 0.2) is 6.17 Å². The maximum absolute atomic E-state index is 15.5. The highest BCUT2D eigenvalue weighted by Gasteiger charge is 2.27. The van der Waals surface area contributed by atoms with Crippen LogP contribution in [0.4, 0.5) is 4.39 Å². The number of rotatable bonds is 4. The predicted molar refractivity (Wildman–Crippen MR) is 109 cm³/mol. The SMILES string of the molecule is CC1CC=C(C(F)c2cc(C(=O)N[C@H]3CCOC[C@@H]3O)nc3ccccc23)C=N1. The summed E-state index contributed by atoms with van der Waals surface area (Å²) in [6.07, 6.45) is 2.46. The zero-order valence-corrected chi connectivity index (χ0v) is 16.2. The first-order chi connectivity index (χ1) is 14.0. The number of carbonyl (C=O) groups is 1. The minimum Gasteiger partial charge on any atom is -0.389 e. The molecular weight excluding hydrogens is 373 g/mol. The molecule has 0 radical (unpaired) electrons. The van der Waals surface area contributed by atoms with Crippen LogP contribution in [0, 0.1) is 0 Å². The lowest BCUT2D eigenvalue weighted by Gasteiger charge is -2.28. The van der Waals surface area contributed by atoms with Gasteiger partial charge < -0.3 is 15.2 Å². The van der Waals surface area contributed by atoms with Gasteiger partial charge >= 0.3 is 0 Å². The van der Waals surface area contributed by atoms with Crippen LogP contribution in [0.1, 0.15) is 42.0 Å². The number of pyridine rings is 1. The molecule has 1 fully saturated rings. The summed E-state index contributed by atoms with van der Waals surface area (Å²) in [6, 6.07) is 8.43. The van der Waals surface area contributed by atoms with E-state index in [-0.39, 0.29) is 18.3 Å². The van der Waals surface area contributed by atoms with E-state index in [1.54, 1.807) is 24.4 Å². The third kappa shape index (κ3) is 4.21. The maximum atomic E-state index is 15.5. The molecule has 2 aliphatic heterocycles. The number of halogens is 1. The van der Waals surface area contributed by atoms with Gasteiger partial charge in [-0.15, -0.1) is 0 Å². The number of para-hydroxylation sites is 1. The van der Waals surface area contributed by atoms with Gasteiger partial charge in [-0.05, 0) is 31.9 Å². The zero-order valence-electron chi connectivity index (χ0n) is 16.2. The predicted octanol–water partition coefficient (Wildman–Crippen LogP) is 2.91. The summed E-state index contributed by atoms with van der Waals surface area (Å²) in [5.74, 6) is -0.435. The maximum Gasteiger partial charge on any atom is 0.270 e. The molecule has 2 aromatic rings. The van der Waals surface area contributed by atoms with E-state index in [2.05, 4.69) is 15.3 Å². The molecule has 29 heavy (non-hydrogen) atoms. The molecule has 1 aromatic carbocycles. The quantitative estimate of drug-likeness (QED) is 0.831. The van der Waals surface area contributed by atoms with Crippen molar-refractivity contribution in [1.29, 1.82) is 0 Å². The van der Waals surface area contributed by atoms with Gasteiger partial charge in [0.25, 0.3) is 5.91 Å². The summed E-state index contributed by atoms with van der Waals surface area (Å²) in [5.41, 5.74) is 1.56. The van der Waals surface area contributed by atoms with Crippen LogP contribution < -0.4 is 5.32 Å². The number of carbonyl (C=O) groups excluding carboxylic acids is 1. The molecule has 2 N–H and O–H groups in total. The number of alkyl halides is 1. The van der Waals surface area contributed by atoms with Crippen molar-refractivity contribution in [2.24, 2.45) is 4.99 Å².